The van der Waals surface area contributed by atoms with E-state index in [1.165, 1.54) is 21.3 Å². The molecule has 1 unspecified atom stereocenters. The van der Waals surface area contributed by atoms with Gasteiger partial charge in [0.15, 0.2) is 8.32 Å². The fraction of sp³-hybridized carbons (Fsp3) is 1.00. The molecule has 1 saturated heterocycles. The van der Waals surface area contributed by atoms with Crippen molar-refractivity contribution in [1.29, 1.82) is 0 Å². The third-order valence-corrected chi connectivity index (χ3v) is 13.6. The van der Waals surface area contributed by atoms with E-state index in [-0.39, 0.29) is 0 Å². The van der Waals surface area contributed by atoms with E-state index in [0.717, 1.165) is 25.7 Å². The van der Waals surface area contributed by atoms with Gasteiger partial charge in [0, 0.05) is 27.9 Å². The molecule has 10 heteroatoms. The van der Waals surface area contributed by atoms with E-state index in [9.17, 15) is 0 Å². The van der Waals surface area contributed by atoms with Gasteiger partial charge >= 0.3 is 17.6 Å². The molecule has 23 heavy (non-hydrogen) atoms. The van der Waals surface area contributed by atoms with E-state index in [4.69, 9.17) is 31.0 Å². The summed E-state index contributed by atoms with van der Waals surface area (Å²) >= 11 is 0. The Labute approximate surface area is 143 Å². The SMILES string of the molecule is CO[Si](OC)(OC)O[Si](C)(C)O[Si](C)(C)CCCOCC1CO1. The molecule has 1 atom stereocenters. The first-order valence-electron chi connectivity index (χ1n) is 7.93. The second-order valence-corrected chi connectivity index (χ2v) is 17.3. The van der Waals surface area contributed by atoms with Crippen LogP contribution in [0.15, 0.2) is 0 Å². The van der Waals surface area contributed by atoms with Crippen molar-refractivity contribution in [3.05, 3.63) is 0 Å². The van der Waals surface area contributed by atoms with Gasteiger partial charge in [0.25, 0.3) is 0 Å². The molecule has 0 bridgehead atoms. The van der Waals surface area contributed by atoms with E-state index in [1.54, 1.807) is 0 Å². The number of hydrogen-bond acceptors (Lipinski definition) is 7. The Morgan fingerprint density at radius 1 is 0.957 bits per heavy atom. The maximum Gasteiger partial charge on any atom is 0.669 e. The van der Waals surface area contributed by atoms with Crippen molar-refractivity contribution >= 4 is 25.9 Å². The first-order chi connectivity index (χ1) is 10.7. The Bertz CT molecular complexity index is 338. The van der Waals surface area contributed by atoms with E-state index in [1.807, 2.05) is 13.1 Å². The van der Waals surface area contributed by atoms with Crippen LogP contribution in [0.25, 0.3) is 0 Å². The summed E-state index contributed by atoms with van der Waals surface area (Å²) in [6.07, 6.45) is 1.31. The molecular weight excluding hydrogens is 352 g/mol. The normalized spacial score (nSPS) is 19.2. The van der Waals surface area contributed by atoms with Crippen LogP contribution < -0.4 is 0 Å². The molecule has 0 saturated carbocycles. The largest absolute Gasteiger partial charge is 0.669 e. The van der Waals surface area contributed by atoms with Gasteiger partial charge in [0.1, 0.15) is 6.10 Å². The lowest BCUT2D eigenvalue weighted by molar-refractivity contribution is 0.0411. The molecule has 0 aromatic rings. The van der Waals surface area contributed by atoms with Crippen LogP contribution in [0.5, 0.6) is 0 Å². The lowest BCUT2D eigenvalue weighted by Gasteiger charge is -2.37. The fourth-order valence-electron chi connectivity index (χ4n) is 2.39. The summed E-state index contributed by atoms with van der Waals surface area (Å²) in [7, 11) is -2.76. The molecule has 0 amide bonds. The molecule has 1 fully saturated rings. The highest BCUT2D eigenvalue weighted by Gasteiger charge is 2.50. The van der Waals surface area contributed by atoms with Crippen LogP contribution >= 0.6 is 0 Å². The monoisotopic (exact) mass is 384 g/mol. The van der Waals surface area contributed by atoms with E-state index < -0.39 is 25.9 Å². The van der Waals surface area contributed by atoms with Crippen molar-refractivity contribution in [2.24, 2.45) is 0 Å². The Morgan fingerprint density at radius 3 is 2.00 bits per heavy atom. The minimum atomic E-state index is -3.08. The summed E-state index contributed by atoms with van der Waals surface area (Å²) in [6.45, 7) is 10.7. The summed E-state index contributed by atoms with van der Waals surface area (Å²) < 4.78 is 39.2. The topological polar surface area (TPSA) is 67.9 Å². The molecule has 0 aromatic carbocycles. The van der Waals surface area contributed by atoms with Gasteiger partial charge in [-0.2, -0.15) is 0 Å². The Balaban J connectivity index is 2.38. The standard InChI is InChI=1S/C13H32O7Si3/c1-14-23(15-2,16-3)20-22(6,7)19-21(4,5)10-8-9-17-11-13-12-18-13/h13H,8-12H2,1-7H3. The van der Waals surface area contributed by atoms with Crippen molar-refractivity contribution in [1.82, 2.24) is 0 Å². The zero-order chi connectivity index (χ0) is 17.6. The van der Waals surface area contributed by atoms with Crippen LogP contribution in [0.3, 0.4) is 0 Å². The van der Waals surface area contributed by atoms with Crippen molar-refractivity contribution in [3.8, 4) is 0 Å². The number of ether oxygens (including phenoxy) is 2. The molecule has 0 aromatic heterocycles. The maximum absolute atomic E-state index is 6.40. The van der Waals surface area contributed by atoms with Gasteiger partial charge in [0.05, 0.1) is 13.2 Å². The van der Waals surface area contributed by atoms with Gasteiger partial charge in [-0.3, -0.25) is 0 Å². The summed E-state index contributed by atoms with van der Waals surface area (Å²) in [4.78, 5) is 0. The summed E-state index contributed by atoms with van der Waals surface area (Å²) in [5, 5.41) is 0. The second kappa shape index (κ2) is 9.17. The Morgan fingerprint density at radius 2 is 1.52 bits per heavy atom. The first-order valence-corrected chi connectivity index (χ1v) is 15.5. The highest BCUT2D eigenvalue weighted by Crippen LogP contribution is 2.24. The van der Waals surface area contributed by atoms with Crippen LogP contribution in [0, 0.1) is 0 Å². The van der Waals surface area contributed by atoms with Crippen LogP contribution in [-0.4, -0.2) is 73.2 Å². The van der Waals surface area contributed by atoms with Crippen LogP contribution in [0.2, 0.25) is 32.2 Å². The number of rotatable bonds is 13. The number of epoxide rings is 1. The third kappa shape index (κ3) is 8.34. The predicted molar refractivity (Wildman–Crippen MR) is 93.9 cm³/mol. The number of hydrogen-bond donors (Lipinski definition) is 0. The summed E-state index contributed by atoms with van der Waals surface area (Å²) in [5.41, 5.74) is 0. The van der Waals surface area contributed by atoms with Gasteiger partial charge in [0.2, 0.25) is 0 Å². The lowest BCUT2D eigenvalue weighted by atomic mass is 10.5. The molecular formula is C13H32O7Si3. The van der Waals surface area contributed by atoms with Gasteiger partial charge in [-0.1, -0.05) is 0 Å². The van der Waals surface area contributed by atoms with Gasteiger partial charge in [-0.15, -0.1) is 0 Å². The van der Waals surface area contributed by atoms with Gasteiger partial charge < -0.3 is 31.0 Å². The molecule has 0 aliphatic carbocycles. The minimum absolute atomic E-state index is 0.325. The van der Waals surface area contributed by atoms with Crippen LogP contribution in [0.4, 0.5) is 0 Å². The van der Waals surface area contributed by atoms with Crippen molar-refractivity contribution in [3.63, 3.8) is 0 Å². The second-order valence-electron chi connectivity index (χ2n) is 6.61. The summed E-state index contributed by atoms with van der Waals surface area (Å²) in [5.74, 6) is 0. The molecule has 1 aliphatic heterocycles. The Hall–Kier alpha value is 0.371. The highest BCUT2D eigenvalue weighted by atomic mass is 28.5. The summed E-state index contributed by atoms with van der Waals surface area (Å²) in [6, 6.07) is 1.01. The maximum atomic E-state index is 6.40. The van der Waals surface area contributed by atoms with E-state index in [2.05, 4.69) is 13.1 Å². The molecule has 0 N–H and O–H groups in total. The van der Waals surface area contributed by atoms with Gasteiger partial charge in [-0.25, -0.2) is 0 Å². The highest BCUT2D eigenvalue weighted by molar-refractivity contribution is 6.85. The molecule has 1 rings (SSSR count). The third-order valence-electron chi connectivity index (χ3n) is 3.42. The van der Waals surface area contributed by atoms with Crippen molar-refractivity contribution in [2.45, 2.75) is 44.8 Å². The molecule has 1 aliphatic rings. The smallest absolute Gasteiger partial charge is 0.436 e. The van der Waals surface area contributed by atoms with E-state index in [0.29, 0.717) is 12.7 Å². The first kappa shape index (κ1) is 21.4. The minimum Gasteiger partial charge on any atom is -0.436 e. The molecule has 138 valence electrons. The predicted octanol–water partition coefficient (Wildman–Crippen LogP) is 2.11. The lowest BCUT2D eigenvalue weighted by Crippen LogP contribution is -2.58. The van der Waals surface area contributed by atoms with Crippen molar-refractivity contribution < 1.29 is 31.0 Å². The van der Waals surface area contributed by atoms with Crippen LogP contribution in [-0.2, 0) is 31.0 Å². The quantitative estimate of drug-likeness (QED) is 0.274. The molecule has 7 nitrogen and oxygen atoms in total. The molecule has 0 radical (unpaired) electrons. The zero-order valence-corrected chi connectivity index (χ0v) is 18.5. The Kier molecular flexibility index (Phi) is 8.54. The average molecular weight is 385 g/mol. The zero-order valence-electron chi connectivity index (χ0n) is 15.5. The van der Waals surface area contributed by atoms with Crippen molar-refractivity contribution in [2.75, 3.05) is 41.2 Å². The van der Waals surface area contributed by atoms with E-state index >= 15 is 0 Å². The van der Waals surface area contributed by atoms with Crippen LogP contribution in [0.1, 0.15) is 6.42 Å². The molecule has 0 spiro atoms. The fourth-order valence-corrected chi connectivity index (χ4v) is 13.6. The molecule has 1 heterocycles. The van der Waals surface area contributed by atoms with Gasteiger partial charge in [-0.05, 0) is 38.7 Å². The average Bonchev–Trinajstić information content (AvgIpc) is 3.27.